The van der Waals surface area contributed by atoms with Crippen LogP contribution < -0.4 is 5.32 Å². The normalized spacial score (nSPS) is 26.5. The standard InChI is InChI=1S/C18H35N/c1-2-4-6-9-13-17(14-10-7-5-3-1)19-18-15-11-8-12-16-18/h17-19H,1-16H2. The average Bonchev–Trinajstić information content (AvgIpc) is 2.43. The van der Waals surface area contributed by atoms with E-state index in [0.29, 0.717) is 0 Å². The molecule has 0 aromatic heterocycles. The lowest BCUT2D eigenvalue weighted by molar-refractivity contribution is 0.307. The quantitative estimate of drug-likeness (QED) is 0.687. The molecule has 2 fully saturated rings. The largest absolute Gasteiger partial charge is 0.311 e. The van der Waals surface area contributed by atoms with Crippen LogP contribution in [-0.2, 0) is 0 Å². The molecule has 0 saturated heterocycles. The minimum atomic E-state index is 0.836. The van der Waals surface area contributed by atoms with Crippen molar-refractivity contribution in [3.8, 4) is 0 Å². The molecule has 0 radical (unpaired) electrons. The van der Waals surface area contributed by atoms with Crippen LogP contribution in [0.4, 0.5) is 0 Å². The molecule has 0 aromatic carbocycles. The van der Waals surface area contributed by atoms with Gasteiger partial charge in [0.2, 0.25) is 0 Å². The highest BCUT2D eigenvalue weighted by molar-refractivity contribution is 4.77. The highest BCUT2D eigenvalue weighted by Crippen LogP contribution is 2.21. The Balaban J connectivity index is 1.70. The van der Waals surface area contributed by atoms with Crippen LogP contribution in [0.25, 0.3) is 0 Å². The summed E-state index contributed by atoms with van der Waals surface area (Å²) in [6.07, 6.45) is 23.5. The van der Waals surface area contributed by atoms with Crippen molar-refractivity contribution >= 4 is 0 Å². The van der Waals surface area contributed by atoms with Crippen LogP contribution in [0.2, 0.25) is 0 Å². The van der Waals surface area contributed by atoms with Crippen molar-refractivity contribution in [1.29, 1.82) is 0 Å². The lowest BCUT2D eigenvalue weighted by atomic mass is 9.92. The summed E-state index contributed by atoms with van der Waals surface area (Å²) in [5.41, 5.74) is 0. The minimum Gasteiger partial charge on any atom is -0.311 e. The van der Waals surface area contributed by atoms with Crippen LogP contribution in [0.5, 0.6) is 0 Å². The molecule has 0 atom stereocenters. The van der Waals surface area contributed by atoms with Crippen LogP contribution in [0.15, 0.2) is 0 Å². The molecule has 0 unspecified atom stereocenters. The predicted molar refractivity (Wildman–Crippen MR) is 84.6 cm³/mol. The van der Waals surface area contributed by atoms with Crippen LogP contribution in [-0.4, -0.2) is 12.1 Å². The molecule has 19 heavy (non-hydrogen) atoms. The summed E-state index contributed by atoms with van der Waals surface area (Å²) < 4.78 is 0. The van der Waals surface area contributed by atoms with E-state index in [9.17, 15) is 0 Å². The van der Waals surface area contributed by atoms with Crippen molar-refractivity contribution in [2.45, 2.75) is 115 Å². The van der Waals surface area contributed by atoms with Crippen LogP contribution in [0, 0.1) is 0 Å². The smallest absolute Gasteiger partial charge is 0.00696 e. The molecule has 0 aliphatic heterocycles. The van der Waals surface area contributed by atoms with Crippen LogP contribution >= 0.6 is 0 Å². The Morgan fingerprint density at radius 3 is 1.00 bits per heavy atom. The maximum atomic E-state index is 4.01. The summed E-state index contributed by atoms with van der Waals surface area (Å²) in [4.78, 5) is 0. The molecule has 2 aliphatic rings. The average molecular weight is 265 g/mol. The molecule has 2 rings (SSSR count). The summed E-state index contributed by atoms with van der Waals surface area (Å²) >= 11 is 0. The van der Waals surface area contributed by atoms with E-state index in [4.69, 9.17) is 0 Å². The third kappa shape index (κ3) is 6.79. The van der Waals surface area contributed by atoms with Crippen molar-refractivity contribution in [2.75, 3.05) is 0 Å². The van der Waals surface area contributed by atoms with Gasteiger partial charge in [0.05, 0.1) is 0 Å². The summed E-state index contributed by atoms with van der Waals surface area (Å²) in [5, 5.41) is 4.01. The molecule has 2 aliphatic carbocycles. The second-order valence-electron chi connectivity index (χ2n) is 6.96. The van der Waals surface area contributed by atoms with Gasteiger partial charge in [-0.2, -0.15) is 0 Å². The molecular weight excluding hydrogens is 230 g/mol. The van der Waals surface area contributed by atoms with Gasteiger partial charge in [-0.1, -0.05) is 77.0 Å². The summed E-state index contributed by atoms with van der Waals surface area (Å²) in [6.45, 7) is 0. The topological polar surface area (TPSA) is 12.0 Å². The SMILES string of the molecule is C1CCCCCC(NC2CCCCC2)CCCCC1. The summed E-state index contributed by atoms with van der Waals surface area (Å²) in [6, 6.07) is 1.69. The van der Waals surface area contributed by atoms with Crippen LogP contribution in [0.3, 0.4) is 0 Å². The van der Waals surface area contributed by atoms with Gasteiger partial charge in [0.25, 0.3) is 0 Å². The van der Waals surface area contributed by atoms with Crippen molar-refractivity contribution in [3.63, 3.8) is 0 Å². The van der Waals surface area contributed by atoms with Gasteiger partial charge < -0.3 is 5.32 Å². The molecule has 1 heteroatoms. The van der Waals surface area contributed by atoms with Crippen molar-refractivity contribution in [1.82, 2.24) is 5.32 Å². The molecular formula is C18H35N. The minimum absolute atomic E-state index is 0.836. The molecule has 1 nitrogen and oxygen atoms in total. The fraction of sp³-hybridized carbons (Fsp3) is 1.00. The zero-order valence-electron chi connectivity index (χ0n) is 13.0. The van der Waals surface area contributed by atoms with Crippen molar-refractivity contribution in [3.05, 3.63) is 0 Å². The first-order valence-corrected chi connectivity index (χ1v) is 9.21. The van der Waals surface area contributed by atoms with Gasteiger partial charge in [-0.3, -0.25) is 0 Å². The number of hydrogen-bond donors (Lipinski definition) is 1. The second-order valence-corrected chi connectivity index (χ2v) is 6.96. The third-order valence-corrected chi connectivity index (χ3v) is 5.18. The zero-order valence-corrected chi connectivity index (χ0v) is 13.0. The highest BCUT2D eigenvalue weighted by atomic mass is 14.9. The number of nitrogens with one attached hydrogen (secondary N) is 1. The first-order chi connectivity index (χ1) is 9.45. The van der Waals surface area contributed by atoms with E-state index >= 15 is 0 Å². The number of rotatable bonds is 2. The van der Waals surface area contributed by atoms with Gasteiger partial charge in [0.1, 0.15) is 0 Å². The van der Waals surface area contributed by atoms with Gasteiger partial charge in [-0.15, -0.1) is 0 Å². The molecule has 0 amide bonds. The molecule has 0 aromatic rings. The fourth-order valence-corrected chi connectivity index (χ4v) is 3.93. The Kier molecular flexibility index (Phi) is 7.92. The second kappa shape index (κ2) is 9.80. The van der Waals surface area contributed by atoms with E-state index in [0.717, 1.165) is 12.1 Å². The van der Waals surface area contributed by atoms with Gasteiger partial charge in [-0.25, -0.2) is 0 Å². The van der Waals surface area contributed by atoms with E-state index < -0.39 is 0 Å². The van der Waals surface area contributed by atoms with Gasteiger partial charge >= 0.3 is 0 Å². The van der Waals surface area contributed by atoms with E-state index in [-0.39, 0.29) is 0 Å². The monoisotopic (exact) mass is 265 g/mol. The summed E-state index contributed by atoms with van der Waals surface area (Å²) in [5.74, 6) is 0. The van der Waals surface area contributed by atoms with E-state index in [2.05, 4.69) is 5.32 Å². The summed E-state index contributed by atoms with van der Waals surface area (Å²) in [7, 11) is 0. The van der Waals surface area contributed by atoms with Crippen molar-refractivity contribution in [2.24, 2.45) is 0 Å². The maximum Gasteiger partial charge on any atom is 0.00696 e. The Hall–Kier alpha value is -0.0400. The molecule has 0 heterocycles. The maximum absolute atomic E-state index is 4.01. The fourth-order valence-electron chi connectivity index (χ4n) is 3.93. The third-order valence-electron chi connectivity index (χ3n) is 5.18. The lowest BCUT2D eigenvalue weighted by Gasteiger charge is -2.29. The van der Waals surface area contributed by atoms with Gasteiger partial charge in [-0.05, 0) is 25.7 Å². The number of hydrogen-bond acceptors (Lipinski definition) is 1. The van der Waals surface area contributed by atoms with E-state index in [1.54, 1.807) is 0 Å². The van der Waals surface area contributed by atoms with Crippen LogP contribution in [0.1, 0.15) is 103 Å². The molecule has 112 valence electrons. The Labute approximate surface area is 120 Å². The van der Waals surface area contributed by atoms with Crippen molar-refractivity contribution < 1.29 is 0 Å². The highest BCUT2D eigenvalue weighted by Gasteiger charge is 2.17. The molecule has 0 bridgehead atoms. The first kappa shape index (κ1) is 15.4. The van der Waals surface area contributed by atoms with Gasteiger partial charge in [0, 0.05) is 12.1 Å². The van der Waals surface area contributed by atoms with E-state index in [1.165, 1.54) is 103 Å². The Morgan fingerprint density at radius 2 is 0.632 bits per heavy atom. The first-order valence-electron chi connectivity index (χ1n) is 9.21. The molecule has 1 N–H and O–H groups in total. The molecule has 0 spiro atoms. The lowest BCUT2D eigenvalue weighted by Crippen LogP contribution is -2.39. The molecule has 2 saturated carbocycles. The van der Waals surface area contributed by atoms with E-state index in [1.807, 2.05) is 0 Å². The Bertz CT molecular complexity index is 196. The Morgan fingerprint density at radius 1 is 0.368 bits per heavy atom. The van der Waals surface area contributed by atoms with Gasteiger partial charge in [0.15, 0.2) is 0 Å². The zero-order chi connectivity index (χ0) is 13.2. The predicted octanol–water partition coefficient (Wildman–Crippen LogP) is 5.58.